The van der Waals surface area contributed by atoms with Crippen molar-refractivity contribution in [2.75, 3.05) is 5.32 Å². The minimum Gasteiger partial charge on any atom is -0.330 e. The summed E-state index contributed by atoms with van der Waals surface area (Å²) in [5.41, 5.74) is 2.54. The second kappa shape index (κ2) is 8.92. The zero-order valence-electron chi connectivity index (χ0n) is 14.8. The normalized spacial score (nSPS) is 13.1. The molecule has 0 unspecified atom stereocenters. The van der Waals surface area contributed by atoms with Gasteiger partial charge in [-0.25, -0.2) is 0 Å². The Labute approximate surface area is 157 Å². The van der Waals surface area contributed by atoms with E-state index in [0.717, 1.165) is 10.9 Å². The van der Waals surface area contributed by atoms with E-state index in [0.29, 0.717) is 11.3 Å². The molecule has 3 N–H and O–H groups in total. The maximum Gasteiger partial charge on any atom is 0.282 e. The summed E-state index contributed by atoms with van der Waals surface area (Å²) in [4.78, 5) is 23.8. The number of carbonyl (C=O) groups is 2. The molecule has 0 aromatic heterocycles. The summed E-state index contributed by atoms with van der Waals surface area (Å²) in [7, 11) is 0. The molecule has 2 atom stereocenters. The second-order valence-corrected chi connectivity index (χ2v) is 7.09. The standard InChI is InChI=1S/C20H23BrN2O2/c1-4-19(16-5-9-17(21)10-6-16)22-13(2)20(25)23-18-11-7-15(8-12-18)14(3)24/h5-13,19,22H,4H2,1-3H3,(H,23,25)/p+1/t13-,19+/m1/s1. The van der Waals surface area contributed by atoms with Crippen LogP contribution in [0.5, 0.6) is 0 Å². The van der Waals surface area contributed by atoms with Crippen LogP contribution in [0.15, 0.2) is 53.0 Å². The van der Waals surface area contributed by atoms with E-state index in [1.807, 2.05) is 19.1 Å². The monoisotopic (exact) mass is 403 g/mol. The Morgan fingerprint density at radius 3 is 2.20 bits per heavy atom. The first-order chi connectivity index (χ1) is 11.9. The average molecular weight is 404 g/mol. The largest absolute Gasteiger partial charge is 0.330 e. The number of nitrogens with two attached hydrogens (primary N) is 1. The molecule has 0 spiro atoms. The molecule has 25 heavy (non-hydrogen) atoms. The van der Waals surface area contributed by atoms with Crippen molar-refractivity contribution in [3.63, 3.8) is 0 Å². The Bertz CT molecular complexity index is 726. The number of nitrogens with one attached hydrogen (secondary N) is 1. The van der Waals surface area contributed by atoms with Crippen LogP contribution in [-0.4, -0.2) is 17.7 Å². The lowest BCUT2D eigenvalue weighted by Crippen LogP contribution is -2.92. The maximum atomic E-state index is 12.5. The van der Waals surface area contributed by atoms with Crippen molar-refractivity contribution in [1.29, 1.82) is 0 Å². The summed E-state index contributed by atoms with van der Waals surface area (Å²) < 4.78 is 1.05. The molecule has 0 saturated heterocycles. The number of benzene rings is 2. The summed E-state index contributed by atoms with van der Waals surface area (Å²) in [6.07, 6.45) is 0.937. The third-order valence-corrected chi connectivity index (χ3v) is 4.76. The minimum atomic E-state index is -0.221. The van der Waals surface area contributed by atoms with Gasteiger partial charge in [0.15, 0.2) is 11.8 Å². The number of Topliss-reactive ketones (excluding diaryl/α,β-unsaturated/α-hetero) is 1. The third kappa shape index (κ3) is 5.51. The van der Waals surface area contributed by atoms with Crippen molar-refractivity contribution in [2.24, 2.45) is 0 Å². The number of hydrogen-bond acceptors (Lipinski definition) is 2. The van der Waals surface area contributed by atoms with Crippen molar-refractivity contribution >= 4 is 33.3 Å². The highest BCUT2D eigenvalue weighted by Crippen LogP contribution is 2.17. The van der Waals surface area contributed by atoms with Gasteiger partial charge in [0.25, 0.3) is 5.91 Å². The quantitative estimate of drug-likeness (QED) is 0.692. The molecule has 0 saturated carbocycles. The van der Waals surface area contributed by atoms with Crippen molar-refractivity contribution in [1.82, 2.24) is 0 Å². The van der Waals surface area contributed by atoms with Crippen molar-refractivity contribution < 1.29 is 14.9 Å². The van der Waals surface area contributed by atoms with Gasteiger partial charge >= 0.3 is 0 Å². The molecular weight excluding hydrogens is 380 g/mol. The highest BCUT2D eigenvalue weighted by Gasteiger charge is 2.22. The average Bonchev–Trinajstić information content (AvgIpc) is 2.60. The molecular formula is C20H24BrN2O2+. The topological polar surface area (TPSA) is 62.8 Å². The number of ketones is 1. The van der Waals surface area contributed by atoms with Gasteiger partial charge in [0.1, 0.15) is 6.04 Å². The molecule has 0 bridgehead atoms. The number of anilines is 1. The number of rotatable bonds is 7. The van der Waals surface area contributed by atoms with Gasteiger partial charge in [-0.2, -0.15) is 0 Å². The van der Waals surface area contributed by atoms with Gasteiger partial charge in [-0.1, -0.05) is 35.0 Å². The molecule has 1 amide bonds. The molecule has 0 aliphatic rings. The van der Waals surface area contributed by atoms with E-state index in [-0.39, 0.29) is 23.8 Å². The van der Waals surface area contributed by atoms with E-state index in [4.69, 9.17) is 0 Å². The van der Waals surface area contributed by atoms with Crippen LogP contribution in [-0.2, 0) is 4.79 Å². The van der Waals surface area contributed by atoms with Crippen LogP contribution in [0.2, 0.25) is 0 Å². The maximum absolute atomic E-state index is 12.5. The van der Waals surface area contributed by atoms with Crippen LogP contribution in [0.3, 0.4) is 0 Å². The zero-order valence-corrected chi connectivity index (χ0v) is 16.3. The molecule has 0 heterocycles. The van der Waals surface area contributed by atoms with Gasteiger partial charge in [-0.3, -0.25) is 9.59 Å². The third-order valence-electron chi connectivity index (χ3n) is 4.23. The zero-order chi connectivity index (χ0) is 18.4. The van der Waals surface area contributed by atoms with E-state index in [2.05, 4.69) is 45.6 Å². The van der Waals surface area contributed by atoms with Crippen LogP contribution < -0.4 is 10.6 Å². The number of carbonyl (C=O) groups excluding carboxylic acids is 2. The molecule has 0 radical (unpaired) electrons. The molecule has 5 heteroatoms. The van der Waals surface area contributed by atoms with Crippen LogP contribution in [0.1, 0.15) is 49.2 Å². The Kier molecular flexibility index (Phi) is 6.91. The molecule has 0 aliphatic carbocycles. The minimum absolute atomic E-state index is 0.0138. The highest BCUT2D eigenvalue weighted by atomic mass is 79.9. The number of quaternary nitrogens is 1. The van der Waals surface area contributed by atoms with Gasteiger partial charge in [-0.15, -0.1) is 0 Å². The Hall–Kier alpha value is -1.98. The van der Waals surface area contributed by atoms with E-state index >= 15 is 0 Å². The molecule has 2 rings (SSSR count). The number of halogens is 1. The molecule has 2 aromatic carbocycles. The Balaban J connectivity index is 1.98. The van der Waals surface area contributed by atoms with Crippen molar-refractivity contribution in [3.8, 4) is 0 Å². The van der Waals surface area contributed by atoms with Crippen LogP contribution in [0.4, 0.5) is 5.69 Å². The van der Waals surface area contributed by atoms with Crippen LogP contribution >= 0.6 is 15.9 Å². The SMILES string of the molecule is CC[C@H]([NH2+][C@H](C)C(=O)Nc1ccc(C(C)=O)cc1)c1ccc(Br)cc1. The van der Waals surface area contributed by atoms with E-state index in [1.165, 1.54) is 12.5 Å². The van der Waals surface area contributed by atoms with E-state index in [1.54, 1.807) is 24.3 Å². The lowest BCUT2D eigenvalue weighted by atomic mass is 10.0. The van der Waals surface area contributed by atoms with E-state index < -0.39 is 0 Å². The summed E-state index contributed by atoms with van der Waals surface area (Å²) in [5.74, 6) is -0.0361. The fourth-order valence-electron chi connectivity index (χ4n) is 2.67. The summed E-state index contributed by atoms with van der Waals surface area (Å²) in [6.45, 7) is 5.55. The summed E-state index contributed by atoms with van der Waals surface area (Å²) >= 11 is 3.45. The molecule has 4 nitrogen and oxygen atoms in total. The second-order valence-electron chi connectivity index (χ2n) is 6.17. The van der Waals surface area contributed by atoms with E-state index in [9.17, 15) is 9.59 Å². The summed E-state index contributed by atoms with van der Waals surface area (Å²) in [5, 5.41) is 4.99. The number of hydrogen-bond donors (Lipinski definition) is 2. The van der Waals surface area contributed by atoms with Gasteiger partial charge in [0.2, 0.25) is 0 Å². The molecule has 0 fully saturated rings. The highest BCUT2D eigenvalue weighted by molar-refractivity contribution is 9.10. The van der Waals surface area contributed by atoms with Gasteiger partial charge in [0.05, 0.1) is 0 Å². The fourth-order valence-corrected chi connectivity index (χ4v) is 2.94. The first kappa shape index (κ1) is 19.3. The lowest BCUT2D eigenvalue weighted by molar-refractivity contribution is -0.713. The Morgan fingerprint density at radius 2 is 1.68 bits per heavy atom. The molecule has 132 valence electrons. The molecule has 2 aromatic rings. The van der Waals surface area contributed by atoms with Crippen molar-refractivity contribution in [2.45, 2.75) is 39.3 Å². The van der Waals surface area contributed by atoms with Gasteiger partial charge in [-0.05, 0) is 50.2 Å². The van der Waals surface area contributed by atoms with Crippen LogP contribution in [0, 0.1) is 0 Å². The first-order valence-corrected chi connectivity index (χ1v) is 9.22. The van der Waals surface area contributed by atoms with Gasteiger partial charge < -0.3 is 10.6 Å². The predicted octanol–water partition coefficient (Wildman–Crippen LogP) is 3.69. The molecule has 0 aliphatic heterocycles. The first-order valence-electron chi connectivity index (χ1n) is 8.43. The smallest absolute Gasteiger partial charge is 0.282 e. The number of amides is 1. The summed E-state index contributed by atoms with van der Waals surface area (Å²) in [6, 6.07) is 15.2. The van der Waals surface area contributed by atoms with Gasteiger partial charge in [0, 0.05) is 27.7 Å². The Morgan fingerprint density at radius 1 is 1.08 bits per heavy atom. The predicted molar refractivity (Wildman–Crippen MR) is 104 cm³/mol. The lowest BCUT2D eigenvalue weighted by Gasteiger charge is -2.19. The van der Waals surface area contributed by atoms with Crippen molar-refractivity contribution in [3.05, 3.63) is 64.1 Å². The fraction of sp³-hybridized carbons (Fsp3) is 0.300. The van der Waals surface area contributed by atoms with Crippen LogP contribution in [0.25, 0.3) is 0 Å².